The third-order valence-electron chi connectivity index (χ3n) is 3.32. The maximum absolute atomic E-state index is 13.6. The lowest BCUT2D eigenvalue weighted by Crippen LogP contribution is -2.15. The average Bonchev–Trinajstić information content (AvgIpc) is 2.98. The van der Waals surface area contributed by atoms with Crippen LogP contribution in [0.1, 0.15) is 16.2 Å². The van der Waals surface area contributed by atoms with Gasteiger partial charge in [0, 0.05) is 5.56 Å². The number of rotatable bonds is 3. The molecule has 3 aromatic rings. The Morgan fingerprint density at radius 1 is 1.04 bits per heavy atom. The number of oxazole rings is 1. The maximum atomic E-state index is 13.6. The molecule has 0 unspecified atom stereocenters. The first-order valence-corrected chi connectivity index (χ1v) is 6.95. The summed E-state index contributed by atoms with van der Waals surface area (Å²) in [6.07, 6.45) is 0. The molecule has 3 rings (SSSR count). The van der Waals surface area contributed by atoms with E-state index in [4.69, 9.17) is 4.42 Å². The fourth-order valence-corrected chi connectivity index (χ4v) is 2.12. The topological polar surface area (TPSA) is 55.1 Å². The van der Waals surface area contributed by atoms with Crippen LogP contribution in [0.2, 0.25) is 0 Å². The van der Waals surface area contributed by atoms with E-state index in [1.165, 1.54) is 6.92 Å². The Labute approximate surface area is 134 Å². The molecule has 2 aromatic carbocycles. The summed E-state index contributed by atoms with van der Waals surface area (Å²) in [6, 6.07) is 10.5. The first-order chi connectivity index (χ1) is 11.5. The molecular formula is C17H11F3N2O2. The molecule has 7 heteroatoms. The summed E-state index contributed by atoms with van der Waals surface area (Å²) in [7, 11) is 0. The Morgan fingerprint density at radius 2 is 1.75 bits per heavy atom. The normalized spacial score (nSPS) is 10.7. The van der Waals surface area contributed by atoms with Crippen molar-refractivity contribution in [1.29, 1.82) is 0 Å². The van der Waals surface area contributed by atoms with Gasteiger partial charge in [0.1, 0.15) is 5.76 Å². The summed E-state index contributed by atoms with van der Waals surface area (Å²) in [5.74, 6) is -4.82. The number of amides is 1. The molecule has 122 valence electrons. The molecule has 1 aromatic heterocycles. The minimum Gasteiger partial charge on any atom is -0.441 e. The maximum Gasteiger partial charge on any atom is 0.278 e. The SMILES string of the molecule is Cc1oc(-c2ccccc2)nc1C(=O)Nc1ccc(F)c(F)c1F. The van der Waals surface area contributed by atoms with E-state index in [2.05, 4.69) is 10.3 Å². The number of carbonyl (C=O) groups excluding carboxylic acids is 1. The summed E-state index contributed by atoms with van der Waals surface area (Å²) in [4.78, 5) is 16.3. The summed E-state index contributed by atoms with van der Waals surface area (Å²) >= 11 is 0. The highest BCUT2D eigenvalue weighted by Crippen LogP contribution is 2.24. The fraction of sp³-hybridized carbons (Fsp3) is 0.0588. The summed E-state index contributed by atoms with van der Waals surface area (Å²) < 4.78 is 45.2. The monoisotopic (exact) mass is 332 g/mol. The van der Waals surface area contributed by atoms with Gasteiger partial charge in [-0.05, 0) is 31.2 Å². The molecule has 4 nitrogen and oxygen atoms in total. The van der Waals surface area contributed by atoms with Crippen molar-refractivity contribution in [3.8, 4) is 11.5 Å². The molecule has 0 aliphatic carbocycles. The van der Waals surface area contributed by atoms with Gasteiger partial charge in [-0.2, -0.15) is 0 Å². The highest BCUT2D eigenvalue weighted by molar-refractivity contribution is 6.03. The molecule has 0 atom stereocenters. The standard InChI is InChI=1S/C17H11F3N2O2/c1-9-15(22-17(24-9)10-5-3-2-4-6-10)16(23)21-12-8-7-11(18)13(19)14(12)20/h2-8H,1H3,(H,21,23). The van der Waals surface area contributed by atoms with Crippen molar-refractivity contribution in [3.63, 3.8) is 0 Å². The number of aryl methyl sites for hydroxylation is 1. The van der Waals surface area contributed by atoms with Crippen molar-refractivity contribution in [3.05, 3.63) is 71.4 Å². The predicted octanol–water partition coefficient (Wildman–Crippen LogP) is 4.32. The predicted molar refractivity (Wildman–Crippen MR) is 80.9 cm³/mol. The van der Waals surface area contributed by atoms with Crippen LogP contribution < -0.4 is 5.32 Å². The van der Waals surface area contributed by atoms with Gasteiger partial charge in [-0.25, -0.2) is 18.2 Å². The van der Waals surface area contributed by atoms with Crippen LogP contribution in [0, 0.1) is 24.4 Å². The van der Waals surface area contributed by atoms with Crippen molar-refractivity contribution in [1.82, 2.24) is 4.98 Å². The molecule has 0 fully saturated rings. The molecule has 0 saturated carbocycles. The fourth-order valence-electron chi connectivity index (χ4n) is 2.12. The van der Waals surface area contributed by atoms with Crippen molar-refractivity contribution >= 4 is 11.6 Å². The second-order valence-corrected chi connectivity index (χ2v) is 4.97. The van der Waals surface area contributed by atoms with Gasteiger partial charge in [-0.15, -0.1) is 0 Å². The highest BCUT2D eigenvalue weighted by atomic mass is 19.2. The molecule has 0 aliphatic rings. The van der Waals surface area contributed by atoms with E-state index in [0.717, 1.165) is 12.1 Å². The number of benzene rings is 2. The number of aromatic nitrogens is 1. The van der Waals surface area contributed by atoms with E-state index >= 15 is 0 Å². The van der Waals surface area contributed by atoms with Crippen molar-refractivity contribution < 1.29 is 22.4 Å². The molecule has 0 aliphatic heterocycles. The van der Waals surface area contributed by atoms with Crippen molar-refractivity contribution in [2.45, 2.75) is 6.92 Å². The van der Waals surface area contributed by atoms with Crippen LogP contribution in [-0.2, 0) is 0 Å². The lowest BCUT2D eigenvalue weighted by atomic mass is 10.2. The van der Waals surface area contributed by atoms with Crippen LogP contribution in [0.5, 0.6) is 0 Å². The highest BCUT2D eigenvalue weighted by Gasteiger charge is 2.21. The van der Waals surface area contributed by atoms with Gasteiger partial charge < -0.3 is 9.73 Å². The average molecular weight is 332 g/mol. The summed E-state index contributed by atoms with van der Waals surface area (Å²) in [5.41, 5.74) is 0.110. The Bertz CT molecular complexity index is 908. The molecule has 0 radical (unpaired) electrons. The third kappa shape index (κ3) is 2.88. The smallest absolute Gasteiger partial charge is 0.278 e. The minimum absolute atomic E-state index is 0.0713. The van der Waals surface area contributed by atoms with Gasteiger partial charge in [0.15, 0.2) is 23.1 Å². The summed E-state index contributed by atoms with van der Waals surface area (Å²) in [5, 5.41) is 2.16. The molecule has 0 spiro atoms. The zero-order chi connectivity index (χ0) is 17.3. The Balaban J connectivity index is 1.89. The summed E-state index contributed by atoms with van der Waals surface area (Å²) in [6.45, 7) is 1.52. The van der Waals surface area contributed by atoms with Gasteiger partial charge in [-0.3, -0.25) is 4.79 Å². The zero-order valence-electron chi connectivity index (χ0n) is 12.4. The van der Waals surface area contributed by atoms with Crippen LogP contribution in [0.25, 0.3) is 11.5 Å². The Hall–Kier alpha value is -3.09. The van der Waals surface area contributed by atoms with Crippen molar-refractivity contribution in [2.24, 2.45) is 0 Å². The molecule has 1 heterocycles. The number of hydrogen-bond donors (Lipinski definition) is 1. The second-order valence-electron chi connectivity index (χ2n) is 4.97. The Morgan fingerprint density at radius 3 is 2.46 bits per heavy atom. The first-order valence-electron chi connectivity index (χ1n) is 6.95. The zero-order valence-corrected chi connectivity index (χ0v) is 12.4. The van der Waals surface area contributed by atoms with E-state index < -0.39 is 29.0 Å². The quantitative estimate of drug-likeness (QED) is 0.727. The van der Waals surface area contributed by atoms with Gasteiger partial charge in [0.05, 0.1) is 5.69 Å². The van der Waals surface area contributed by atoms with Gasteiger partial charge in [0.25, 0.3) is 5.91 Å². The van der Waals surface area contributed by atoms with Gasteiger partial charge >= 0.3 is 0 Å². The van der Waals surface area contributed by atoms with E-state index in [1.54, 1.807) is 24.3 Å². The third-order valence-corrected chi connectivity index (χ3v) is 3.32. The molecule has 1 N–H and O–H groups in total. The first kappa shape index (κ1) is 15.8. The number of anilines is 1. The molecular weight excluding hydrogens is 321 g/mol. The van der Waals surface area contributed by atoms with Crippen LogP contribution >= 0.6 is 0 Å². The van der Waals surface area contributed by atoms with E-state index in [0.29, 0.717) is 5.56 Å². The number of hydrogen-bond acceptors (Lipinski definition) is 3. The lowest BCUT2D eigenvalue weighted by Gasteiger charge is -2.05. The number of carbonyl (C=O) groups is 1. The van der Waals surface area contributed by atoms with Crippen LogP contribution in [0.4, 0.5) is 18.9 Å². The van der Waals surface area contributed by atoms with Crippen molar-refractivity contribution in [2.75, 3.05) is 5.32 Å². The van der Waals surface area contributed by atoms with E-state index in [-0.39, 0.29) is 17.3 Å². The molecule has 24 heavy (non-hydrogen) atoms. The van der Waals surface area contributed by atoms with Gasteiger partial charge in [0.2, 0.25) is 5.89 Å². The molecule has 1 amide bonds. The number of nitrogens with one attached hydrogen (secondary N) is 1. The minimum atomic E-state index is -1.66. The molecule has 0 bridgehead atoms. The Kier molecular flexibility index (Phi) is 4.07. The molecule has 0 saturated heterocycles. The number of nitrogens with zero attached hydrogens (tertiary/aromatic N) is 1. The van der Waals surface area contributed by atoms with Crippen LogP contribution in [0.15, 0.2) is 46.9 Å². The van der Waals surface area contributed by atoms with Crippen LogP contribution in [0.3, 0.4) is 0 Å². The lowest BCUT2D eigenvalue weighted by molar-refractivity contribution is 0.102. The second kappa shape index (κ2) is 6.19. The van der Waals surface area contributed by atoms with E-state index in [1.807, 2.05) is 6.07 Å². The number of halogens is 3. The largest absolute Gasteiger partial charge is 0.441 e. The van der Waals surface area contributed by atoms with Gasteiger partial charge in [-0.1, -0.05) is 18.2 Å². The van der Waals surface area contributed by atoms with Crippen LogP contribution in [-0.4, -0.2) is 10.9 Å². The van der Waals surface area contributed by atoms with E-state index in [9.17, 15) is 18.0 Å².